The molecule has 7 rings (SSSR count). The van der Waals surface area contributed by atoms with Gasteiger partial charge < -0.3 is 9.84 Å². The number of hydrogen-bond acceptors (Lipinski definition) is 8. The van der Waals surface area contributed by atoms with Gasteiger partial charge in [-0.05, 0) is 60.7 Å². The number of carbonyl (C=O) groups is 4. The number of hydrogen-bond donors (Lipinski definition) is 3. The van der Waals surface area contributed by atoms with E-state index in [1.807, 2.05) is 0 Å². The molecule has 3 N–H and O–H groups in total. The number of ether oxygens (including phenoxy) is 1. The van der Waals surface area contributed by atoms with E-state index in [0.717, 1.165) is 0 Å². The van der Waals surface area contributed by atoms with Gasteiger partial charge in [0.25, 0.3) is 11.8 Å². The van der Waals surface area contributed by atoms with Crippen LogP contribution in [-0.2, 0) is 30.8 Å². The average molecular weight is 701 g/mol. The summed E-state index contributed by atoms with van der Waals surface area (Å²) in [6.07, 6.45) is -2.30. The zero-order valence-electron chi connectivity index (χ0n) is 24.8. The molecule has 3 fully saturated rings. The molecule has 0 spiro atoms. The van der Waals surface area contributed by atoms with Gasteiger partial charge in [0.05, 0.1) is 40.9 Å². The number of hydrazine groups is 1. The Morgan fingerprint density at radius 2 is 1.77 bits per heavy atom. The van der Waals surface area contributed by atoms with Gasteiger partial charge in [0, 0.05) is 22.7 Å². The van der Waals surface area contributed by atoms with Crippen LogP contribution in [0, 0.1) is 23.7 Å². The Morgan fingerprint density at radius 1 is 1.04 bits per heavy atom. The maximum Gasteiger partial charge on any atom is 0.417 e. The van der Waals surface area contributed by atoms with Crippen molar-refractivity contribution < 1.29 is 42.2 Å². The molecule has 15 heteroatoms. The van der Waals surface area contributed by atoms with Crippen LogP contribution in [0.4, 0.5) is 19.0 Å². The maximum atomic E-state index is 15.1. The topological polar surface area (TPSA) is 138 Å². The number of phenols is 1. The minimum absolute atomic E-state index is 0.0471. The third kappa shape index (κ3) is 4.66. The Kier molecular flexibility index (Phi) is 7.48. The summed E-state index contributed by atoms with van der Waals surface area (Å²) in [7, 11) is 1.42. The van der Waals surface area contributed by atoms with Crippen molar-refractivity contribution >= 4 is 52.6 Å². The van der Waals surface area contributed by atoms with Crippen molar-refractivity contribution in [1.29, 1.82) is 0 Å². The fourth-order valence-corrected chi connectivity index (χ4v) is 8.26. The van der Waals surface area contributed by atoms with E-state index in [-0.39, 0.29) is 30.0 Å². The molecule has 1 saturated carbocycles. The number of nitrogens with zero attached hydrogens (tertiary/aromatic N) is 2. The number of anilines is 1. The number of aromatic nitrogens is 1. The zero-order valence-corrected chi connectivity index (χ0v) is 26.4. The molecule has 6 atom stereocenters. The van der Waals surface area contributed by atoms with Gasteiger partial charge in [-0.2, -0.15) is 18.2 Å². The molecule has 4 amide bonds. The Labute approximate surface area is 280 Å². The maximum absolute atomic E-state index is 15.1. The monoisotopic (exact) mass is 700 g/mol. The molecule has 3 heterocycles. The molecule has 2 aliphatic carbocycles. The normalized spacial score (nSPS) is 28.0. The third-order valence-electron chi connectivity index (χ3n) is 9.95. The molecule has 3 aromatic rings. The molecule has 48 heavy (non-hydrogen) atoms. The molecule has 2 aromatic carbocycles. The van der Waals surface area contributed by atoms with Gasteiger partial charge >= 0.3 is 6.18 Å². The number of amides is 4. The quantitative estimate of drug-likeness (QED) is 0.238. The summed E-state index contributed by atoms with van der Waals surface area (Å²) in [6, 6.07) is 11.4. The van der Waals surface area contributed by atoms with Gasteiger partial charge in [0.2, 0.25) is 11.8 Å². The van der Waals surface area contributed by atoms with Gasteiger partial charge in [0.1, 0.15) is 11.5 Å². The van der Waals surface area contributed by atoms with Crippen LogP contribution >= 0.6 is 23.2 Å². The molecule has 0 bridgehead atoms. The predicted octanol–water partition coefficient (Wildman–Crippen LogP) is 5.39. The molecule has 6 unspecified atom stereocenters. The highest BCUT2D eigenvalue weighted by molar-refractivity contribution is 6.33. The lowest BCUT2D eigenvalue weighted by atomic mass is 9.49. The number of fused-ring (bicyclic) bond motifs is 4. The summed E-state index contributed by atoms with van der Waals surface area (Å²) in [5.41, 5.74) is 0.792. The first kappa shape index (κ1) is 32.0. The van der Waals surface area contributed by atoms with Crippen LogP contribution in [0.5, 0.6) is 11.5 Å². The lowest BCUT2D eigenvalue weighted by Crippen LogP contribution is -2.53. The smallest absolute Gasteiger partial charge is 0.417 e. The Morgan fingerprint density at radius 3 is 2.44 bits per heavy atom. The third-order valence-corrected chi connectivity index (χ3v) is 10.5. The van der Waals surface area contributed by atoms with Gasteiger partial charge in [-0.3, -0.25) is 29.9 Å². The van der Waals surface area contributed by atoms with E-state index in [0.29, 0.717) is 39.2 Å². The van der Waals surface area contributed by atoms with Crippen LogP contribution in [0.25, 0.3) is 0 Å². The lowest BCUT2D eigenvalue weighted by molar-refractivity contribution is -0.139. The molecule has 2 saturated heterocycles. The highest BCUT2D eigenvalue weighted by Crippen LogP contribution is 2.64. The van der Waals surface area contributed by atoms with Gasteiger partial charge in [-0.1, -0.05) is 47.0 Å². The largest absolute Gasteiger partial charge is 0.508 e. The highest BCUT2D eigenvalue weighted by atomic mass is 35.5. The number of halogens is 5. The number of aromatic hydroxyl groups is 1. The van der Waals surface area contributed by atoms with Crippen molar-refractivity contribution in [2.24, 2.45) is 23.7 Å². The molecule has 0 radical (unpaired) electrons. The van der Waals surface area contributed by atoms with Crippen molar-refractivity contribution in [1.82, 2.24) is 15.3 Å². The van der Waals surface area contributed by atoms with E-state index in [1.54, 1.807) is 36.4 Å². The van der Waals surface area contributed by atoms with E-state index >= 15 is 4.79 Å². The second-order valence-electron chi connectivity index (χ2n) is 12.2. The fourth-order valence-electron chi connectivity index (χ4n) is 7.93. The minimum Gasteiger partial charge on any atom is -0.508 e. The molecule has 1 aromatic heterocycles. The van der Waals surface area contributed by atoms with Crippen molar-refractivity contribution in [2.45, 2.75) is 30.4 Å². The van der Waals surface area contributed by atoms with Crippen molar-refractivity contribution in [3.05, 3.63) is 93.1 Å². The number of carbonyl (C=O) groups excluding carboxylic acids is 4. The summed E-state index contributed by atoms with van der Waals surface area (Å²) >= 11 is 12.4. The second kappa shape index (κ2) is 11.2. The Bertz CT molecular complexity index is 1940. The van der Waals surface area contributed by atoms with Crippen molar-refractivity contribution in [3.8, 4) is 11.5 Å². The van der Waals surface area contributed by atoms with Crippen LogP contribution in [0.15, 0.2) is 66.4 Å². The minimum atomic E-state index is -4.75. The van der Waals surface area contributed by atoms with Crippen LogP contribution in [0.3, 0.4) is 0 Å². The first-order chi connectivity index (χ1) is 22.8. The number of nitrogens with one attached hydrogen (secondary N) is 2. The molecule has 248 valence electrons. The van der Waals surface area contributed by atoms with Crippen molar-refractivity contribution in [3.63, 3.8) is 0 Å². The number of alkyl halides is 3. The molecule has 10 nitrogen and oxygen atoms in total. The Balaban J connectivity index is 1.46. The first-order valence-electron chi connectivity index (χ1n) is 14.8. The summed E-state index contributed by atoms with van der Waals surface area (Å²) < 4.78 is 45.5. The van der Waals surface area contributed by atoms with E-state index in [1.165, 1.54) is 19.2 Å². The number of phenolic OH excluding ortho intramolecular Hbond substituents is 1. The number of imide groups is 2. The summed E-state index contributed by atoms with van der Waals surface area (Å²) in [5, 5.41) is 14.3. The fraction of sp³-hybridized carbons (Fsp3) is 0.303. The predicted molar refractivity (Wildman–Crippen MR) is 165 cm³/mol. The first-order valence-corrected chi connectivity index (χ1v) is 15.6. The summed E-state index contributed by atoms with van der Waals surface area (Å²) in [4.78, 5) is 59.3. The van der Waals surface area contributed by atoms with Gasteiger partial charge in [0.15, 0.2) is 5.82 Å². The van der Waals surface area contributed by atoms with E-state index in [4.69, 9.17) is 27.9 Å². The molecular formula is C33H25Cl2F3N4O6. The number of allylic oxidation sites excluding steroid dienone is 2. The molecule has 4 aliphatic rings. The number of pyridine rings is 1. The second-order valence-corrected chi connectivity index (χ2v) is 13.0. The standard InChI is InChI=1S/C33H25Cl2F3N4O6/c1-48-17-6-9-24(43)21(11-17)26-18-7-8-19-25(29(45)40-28(19)44)20(18)12-22-30(46)42(31(47)32(22,26)14-2-4-16(34)5-3-14)41-27-23(35)10-15(13-39-27)33(36,37)38/h2-7,9-11,13,19-20,22,25-26,43H,8,12H2,1H3,(H,39,41)(H,40,44,45). The van der Waals surface area contributed by atoms with E-state index in [9.17, 15) is 32.7 Å². The number of benzene rings is 2. The van der Waals surface area contributed by atoms with Crippen LogP contribution < -0.4 is 15.5 Å². The number of methoxy groups -OCH3 is 1. The molecule has 2 aliphatic heterocycles. The highest BCUT2D eigenvalue weighted by Gasteiger charge is 2.70. The van der Waals surface area contributed by atoms with Crippen LogP contribution in [-0.4, -0.2) is 45.8 Å². The van der Waals surface area contributed by atoms with Gasteiger partial charge in [-0.25, -0.2) is 4.98 Å². The van der Waals surface area contributed by atoms with Crippen LogP contribution in [0.2, 0.25) is 10.0 Å². The van der Waals surface area contributed by atoms with Crippen LogP contribution in [0.1, 0.15) is 35.4 Å². The van der Waals surface area contributed by atoms with Crippen molar-refractivity contribution in [2.75, 3.05) is 12.5 Å². The number of rotatable bonds is 5. The zero-order chi connectivity index (χ0) is 34.3. The summed E-state index contributed by atoms with van der Waals surface area (Å²) in [6.45, 7) is 0. The van der Waals surface area contributed by atoms with Gasteiger partial charge in [-0.15, -0.1) is 0 Å². The molecular weight excluding hydrogens is 676 g/mol. The lowest BCUT2D eigenvalue weighted by Gasteiger charge is -2.50. The van der Waals surface area contributed by atoms with E-state index in [2.05, 4.69) is 15.7 Å². The van der Waals surface area contributed by atoms with E-state index < -0.39 is 75.4 Å². The summed E-state index contributed by atoms with van der Waals surface area (Å²) in [5.74, 6) is -7.28. The Hall–Kier alpha value is -4.62. The average Bonchev–Trinajstić information content (AvgIpc) is 3.46. The SMILES string of the molecule is COc1ccc(O)c(C2C3=CCC4C(=O)NC(=O)C4C3CC3C(=O)N(Nc4ncc(C(F)(F)F)cc4Cl)C(=O)C32c2ccc(Cl)cc2)c1.